The fourth-order valence-electron chi connectivity index (χ4n) is 4.75. The molecule has 5 aromatic rings. The van der Waals surface area contributed by atoms with Crippen LogP contribution in [0.3, 0.4) is 0 Å². The molecule has 0 heterocycles. The molecule has 0 spiro atoms. The zero-order chi connectivity index (χ0) is 30.5. The number of benzene rings is 4. The average molecular weight is 827 g/mol. The summed E-state index contributed by atoms with van der Waals surface area (Å²) in [5.41, 5.74) is 11.2. The van der Waals surface area contributed by atoms with Crippen LogP contribution in [0.25, 0.3) is 11.1 Å². The maximum atomic E-state index is 5.87. The van der Waals surface area contributed by atoms with Crippen LogP contribution < -0.4 is 24.8 Å². The molecule has 0 N–H and O–H groups in total. The Morgan fingerprint density at radius 3 is 1.61 bits per heavy atom. The number of rotatable bonds is 2. The maximum absolute atomic E-state index is 5.87. The van der Waals surface area contributed by atoms with Gasteiger partial charge in [-0.2, -0.15) is 42.0 Å². The predicted octanol–water partition coefficient (Wildman–Crippen LogP) is 5.18. The molecule has 0 atom stereocenters. The van der Waals surface area contributed by atoms with Crippen molar-refractivity contribution in [2.75, 3.05) is 0 Å². The van der Waals surface area contributed by atoms with Crippen LogP contribution >= 0.6 is 23.2 Å². The van der Waals surface area contributed by atoms with E-state index < -0.39 is 0 Å². The van der Waals surface area contributed by atoms with E-state index >= 15 is 0 Å². The summed E-state index contributed by atoms with van der Waals surface area (Å²) in [4.78, 5) is 0. The Kier molecular flexibility index (Phi) is 14.5. The summed E-state index contributed by atoms with van der Waals surface area (Å²) in [5.74, 6) is 0. The minimum Gasteiger partial charge on any atom is -1.00 e. The molecule has 0 bridgehead atoms. The van der Waals surface area contributed by atoms with Crippen LogP contribution in [0.1, 0.15) is 74.9 Å². The minimum atomic E-state index is 0. The van der Waals surface area contributed by atoms with Crippen molar-refractivity contribution in [2.45, 2.75) is 58.8 Å². The zero-order valence-electron chi connectivity index (χ0n) is 26.1. The molecule has 0 saturated carbocycles. The summed E-state index contributed by atoms with van der Waals surface area (Å²) in [6.45, 7) is 13.6. The van der Waals surface area contributed by atoms with Gasteiger partial charge in [0, 0.05) is 0 Å². The number of hydrogen-bond acceptors (Lipinski definition) is 0. The minimum absolute atomic E-state index is 0. The topological polar surface area (TPSA) is 0 Å². The van der Waals surface area contributed by atoms with Crippen LogP contribution in [0.5, 0.6) is 0 Å². The van der Waals surface area contributed by atoms with E-state index in [1.165, 1.54) is 47.8 Å². The van der Waals surface area contributed by atoms with Crippen LogP contribution in [0.15, 0.2) is 109 Å². The Morgan fingerprint density at radius 2 is 1.18 bits per heavy atom. The van der Waals surface area contributed by atoms with Crippen molar-refractivity contribution in [1.29, 1.82) is 0 Å². The van der Waals surface area contributed by atoms with Gasteiger partial charge in [-0.15, -0.1) is 11.1 Å². The van der Waals surface area contributed by atoms with Gasteiger partial charge >= 0.3 is 120 Å². The second-order valence-electron chi connectivity index (χ2n) is 12.7. The van der Waals surface area contributed by atoms with Crippen LogP contribution in [0.4, 0.5) is 0 Å². The second-order valence-corrected chi connectivity index (χ2v) is 15.3. The molecule has 0 fully saturated rings. The Labute approximate surface area is 301 Å². The molecule has 0 aromatic heterocycles. The van der Waals surface area contributed by atoms with Crippen molar-refractivity contribution in [2.24, 2.45) is 0 Å². The van der Waals surface area contributed by atoms with E-state index in [2.05, 4.69) is 102 Å². The van der Waals surface area contributed by atoms with Gasteiger partial charge in [0.15, 0.2) is 0 Å². The van der Waals surface area contributed by atoms with E-state index in [0.29, 0.717) is 0 Å². The summed E-state index contributed by atoms with van der Waals surface area (Å²) < 4.78 is 1.35. The van der Waals surface area contributed by atoms with Crippen molar-refractivity contribution in [1.82, 2.24) is 0 Å². The Balaban J connectivity index is 0.000000260. The monoisotopic (exact) mass is 826 g/mol. The predicted molar refractivity (Wildman–Crippen MR) is 179 cm³/mol. The van der Waals surface area contributed by atoms with E-state index in [1.807, 2.05) is 54.6 Å². The third kappa shape index (κ3) is 10.3. The van der Waals surface area contributed by atoms with Gasteiger partial charge in [0.1, 0.15) is 0 Å². The van der Waals surface area contributed by atoms with Gasteiger partial charge in [-0.25, -0.2) is 12.1 Å². The quantitative estimate of drug-likeness (QED) is 0.167. The van der Waals surface area contributed by atoms with Gasteiger partial charge in [-0.05, 0) is 28.4 Å². The number of halogens is 4. The van der Waals surface area contributed by atoms with E-state index in [0.717, 1.165) is 40.4 Å². The van der Waals surface area contributed by atoms with Crippen LogP contribution in [0, 0.1) is 6.07 Å². The molecule has 0 aliphatic heterocycles. The summed E-state index contributed by atoms with van der Waals surface area (Å²) in [6.07, 6.45) is 1.03. The van der Waals surface area contributed by atoms with Crippen LogP contribution in [0.2, 0.25) is 10.0 Å². The standard InChI is InChI=1S/C21H25.C13H8Cl2.C5H5.2ClH.Hf/c1-20(2,3)16-7-9-18-14(12-16)11-15-13-17(21(4,5)6)8-10-19(15)18;14-12-5-1-10(2-6-12)9-11-3-7-13(15)8-4-11;1-2-4-5-3-1;;;/h7-10,12H,11H2,1-6H3;1-8H;1-5H;2*1H;/q-1;;-1;;;+2/p-2. The fourth-order valence-corrected chi connectivity index (χ4v) is 6.20. The van der Waals surface area contributed by atoms with Gasteiger partial charge in [0.05, 0.1) is 0 Å². The molecule has 0 saturated heterocycles. The molecule has 0 unspecified atom stereocenters. The molecule has 1 aliphatic carbocycles. The second kappa shape index (κ2) is 16.6. The molecule has 228 valence electrons. The smallest absolute Gasteiger partial charge is 0.172 e. The van der Waals surface area contributed by atoms with Crippen molar-refractivity contribution in [3.05, 3.63) is 159 Å². The summed E-state index contributed by atoms with van der Waals surface area (Å²) in [7, 11) is 0. The normalized spacial score (nSPS) is 11.3. The Hall–Kier alpha value is -1.87. The molecule has 5 heteroatoms. The Morgan fingerprint density at radius 1 is 0.682 bits per heavy atom. The van der Waals surface area contributed by atoms with Crippen LogP contribution in [-0.4, -0.2) is 3.26 Å². The van der Waals surface area contributed by atoms with E-state index in [4.69, 9.17) is 23.2 Å². The average Bonchev–Trinajstić information content (AvgIpc) is 3.64. The molecule has 0 radical (unpaired) electrons. The molecule has 1 aliphatic rings. The fraction of sp³-hybridized carbons (Fsp3) is 0.231. The van der Waals surface area contributed by atoms with Gasteiger partial charge in [-0.1, -0.05) is 65.3 Å². The number of hydrogen-bond donors (Lipinski definition) is 0. The summed E-state index contributed by atoms with van der Waals surface area (Å²) in [5, 5.41) is 1.55. The van der Waals surface area contributed by atoms with Gasteiger partial charge in [-0.3, -0.25) is 0 Å². The molecule has 44 heavy (non-hydrogen) atoms. The molecule has 5 aromatic carbocycles. The van der Waals surface area contributed by atoms with Crippen molar-refractivity contribution in [3.8, 4) is 11.1 Å². The first-order valence-electron chi connectivity index (χ1n) is 14.3. The molecular formula is C39H38Cl4Hf-2. The van der Waals surface area contributed by atoms with Gasteiger partial charge < -0.3 is 24.8 Å². The van der Waals surface area contributed by atoms with Gasteiger partial charge in [0.2, 0.25) is 0 Å². The molecule has 6 rings (SSSR count). The van der Waals surface area contributed by atoms with Crippen molar-refractivity contribution >= 4 is 26.5 Å². The van der Waals surface area contributed by atoms with E-state index in [-0.39, 0.29) is 35.6 Å². The third-order valence-electron chi connectivity index (χ3n) is 7.29. The van der Waals surface area contributed by atoms with Crippen LogP contribution in [-0.2, 0) is 41.1 Å². The first-order chi connectivity index (χ1) is 19.8. The first-order valence-corrected chi connectivity index (χ1v) is 16.8. The maximum Gasteiger partial charge on any atom is -0.172 e. The van der Waals surface area contributed by atoms with Crippen molar-refractivity contribution < 1.29 is 48.7 Å². The molecule has 0 nitrogen and oxygen atoms in total. The third-order valence-corrected chi connectivity index (χ3v) is 9.86. The van der Waals surface area contributed by atoms with Gasteiger partial charge in [0.25, 0.3) is 0 Å². The van der Waals surface area contributed by atoms with E-state index in [1.54, 1.807) is 0 Å². The Bertz CT molecular complexity index is 1490. The molecule has 0 amide bonds. The van der Waals surface area contributed by atoms with E-state index in [9.17, 15) is 0 Å². The van der Waals surface area contributed by atoms with Crippen molar-refractivity contribution in [3.63, 3.8) is 0 Å². The summed E-state index contributed by atoms with van der Waals surface area (Å²) >= 11 is 12.7. The summed E-state index contributed by atoms with van der Waals surface area (Å²) in [6, 6.07) is 41.1. The first kappa shape index (κ1) is 38.3. The zero-order valence-corrected chi connectivity index (χ0v) is 32.7. The number of fused-ring (bicyclic) bond motifs is 3. The molecular weight excluding hydrogens is 789 g/mol. The SMILES string of the molecule is CC(C)(C)c1[c-]c2c(cc1)-c1ccc(C(C)(C)C)cc1C2.Clc1ccc([C](=[Hf+2])c2ccc(Cl)cc2)cc1.[Cl-].[Cl-].c1cc[cH-]c1. The largest absolute Gasteiger partial charge is 1.00 e.